The number of aliphatic hydroxyl groups excluding tert-OH is 1. The van der Waals surface area contributed by atoms with Crippen molar-refractivity contribution >= 4 is 33.2 Å². The van der Waals surface area contributed by atoms with Crippen LogP contribution < -0.4 is 21.0 Å². The highest BCUT2D eigenvalue weighted by Gasteiger charge is 2.31. The van der Waals surface area contributed by atoms with E-state index in [1.54, 1.807) is 30.3 Å². The van der Waals surface area contributed by atoms with Crippen molar-refractivity contribution in [3.63, 3.8) is 0 Å². The van der Waals surface area contributed by atoms with Gasteiger partial charge in [0, 0.05) is 5.92 Å². The lowest BCUT2D eigenvalue weighted by atomic mass is 9.98. The van der Waals surface area contributed by atoms with E-state index < -0.39 is 48.5 Å². The Morgan fingerprint density at radius 3 is 2.05 bits per heavy atom. The molecule has 3 aromatic carbocycles. The van der Waals surface area contributed by atoms with E-state index in [2.05, 4.69) is 30.4 Å². The van der Waals surface area contributed by atoms with Gasteiger partial charge >= 0.3 is 6.09 Å². The van der Waals surface area contributed by atoms with Crippen molar-refractivity contribution in [2.45, 2.75) is 43.9 Å². The van der Waals surface area contributed by atoms with Crippen molar-refractivity contribution < 1.29 is 29.0 Å². The molecule has 0 aliphatic heterocycles. The first-order valence-electron chi connectivity index (χ1n) is 13.8. The van der Waals surface area contributed by atoms with Crippen molar-refractivity contribution in [2.24, 2.45) is 0 Å². The van der Waals surface area contributed by atoms with Crippen molar-refractivity contribution in [3.05, 3.63) is 95.6 Å². The zero-order chi connectivity index (χ0) is 30.1. The maximum Gasteiger partial charge on any atom is 0.407 e. The van der Waals surface area contributed by atoms with Gasteiger partial charge in [0.05, 0.1) is 12.6 Å². The molecule has 42 heavy (non-hydrogen) atoms. The van der Waals surface area contributed by atoms with Crippen molar-refractivity contribution in [1.29, 1.82) is 0 Å². The summed E-state index contributed by atoms with van der Waals surface area (Å²) < 4.78 is 5.57. The molecule has 1 aliphatic rings. The van der Waals surface area contributed by atoms with E-state index in [1.165, 1.54) is 0 Å². The highest BCUT2D eigenvalue weighted by Crippen LogP contribution is 2.44. The molecule has 1 aliphatic carbocycles. The van der Waals surface area contributed by atoms with Crippen molar-refractivity contribution in [1.82, 2.24) is 21.0 Å². The summed E-state index contributed by atoms with van der Waals surface area (Å²) in [5.41, 5.74) is 4.91. The lowest BCUT2D eigenvalue weighted by Crippen LogP contribution is -2.52. The monoisotopic (exact) mass is 590 g/mol. The molecule has 11 heteroatoms. The number of fused-ring (bicyclic) bond motifs is 3. The number of nitrogens with one attached hydrogen (secondary N) is 4. The van der Waals surface area contributed by atoms with Gasteiger partial charge in [-0.25, -0.2) is 4.79 Å². The van der Waals surface area contributed by atoms with Gasteiger partial charge in [-0.05, 0) is 43.6 Å². The molecule has 0 heterocycles. The van der Waals surface area contributed by atoms with Gasteiger partial charge in [-0.1, -0.05) is 92.2 Å². The lowest BCUT2D eigenvalue weighted by Gasteiger charge is -2.24. The molecule has 220 valence electrons. The van der Waals surface area contributed by atoms with Gasteiger partial charge in [0.1, 0.15) is 12.6 Å². The zero-order valence-corrected chi connectivity index (χ0v) is 24.4. The molecule has 4 rings (SSSR count). The van der Waals surface area contributed by atoms with Crippen LogP contribution in [0.1, 0.15) is 48.4 Å². The number of amides is 4. The summed E-state index contributed by atoms with van der Waals surface area (Å²) in [4.78, 5) is 50.3. The third-order valence-corrected chi connectivity index (χ3v) is 7.45. The number of hydrogen-bond acceptors (Lipinski definition) is 6. The smallest absolute Gasteiger partial charge is 0.407 e. The summed E-state index contributed by atoms with van der Waals surface area (Å²) in [7, 11) is 2.09. The minimum atomic E-state index is -1.63. The van der Waals surface area contributed by atoms with E-state index in [1.807, 2.05) is 55.5 Å². The van der Waals surface area contributed by atoms with Gasteiger partial charge in [0.25, 0.3) is 5.91 Å². The van der Waals surface area contributed by atoms with Crippen LogP contribution in [0.25, 0.3) is 11.1 Å². The van der Waals surface area contributed by atoms with Crippen LogP contribution in [0.3, 0.4) is 0 Å². The Morgan fingerprint density at radius 2 is 1.45 bits per heavy atom. The Hall–Kier alpha value is -4.27. The molecule has 0 saturated heterocycles. The average Bonchev–Trinajstić information content (AvgIpc) is 3.34. The second-order valence-electron chi connectivity index (χ2n) is 9.95. The number of carbonyl (C=O) groups is 4. The van der Waals surface area contributed by atoms with Crippen LogP contribution in [0, 0.1) is 0 Å². The first-order chi connectivity index (χ1) is 20.3. The molecule has 5 N–H and O–H groups in total. The summed E-state index contributed by atoms with van der Waals surface area (Å²) in [5.74, 6) is -2.06. The Labute approximate surface area is 246 Å². The molecule has 0 saturated carbocycles. The van der Waals surface area contributed by atoms with Gasteiger partial charge in [-0.15, -0.1) is 0 Å². The van der Waals surface area contributed by atoms with E-state index >= 15 is 0 Å². The first kappa shape index (κ1) is 30.7. The molecule has 0 spiro atoms. The number of ether oxygens (including phenoxy) is 1. The molecular formula is C31H35N4O6P. The van der Waals surface area contributed by atoms with Crippen LogP contribution in [-0.4, -0.2) is 54.2 Å². The maximum absolute atomic E-state index is 12.8. The van der Waals surface area contributed by atoms with Crippen LogP contribution in [0.4, 0.5) is 4.79 Å². The average molecular weight is 591 g/mol. The summed E-state index contributed by atoms with van der Waals surface area (Å²) in [6.07, 6.45) is -1.51. The summed E-state index contributed by atoms with van der Waals surface area (Å²) in [6, 6.07) is 22.7. The van der Waals surface area contributed by atoms with E-state index in [4.69, 9.17) is 4.74 Å². The molecule has 0 fully saturated rings. The van der Waals surface area contributed by atoms with Crippen LogP contribution in [0.5, 0.6) is 0 Å². The fraction of sp³-hybridized carbons (Fsp3) is 0.290. The predicted molar refractivity (Wildman–Crippen MR) is 161 cm³/mol. The number of aliphatic hydroxyl groups is 1. The van der Waals surface area contributed by atoms with E-state index in [0.29, 0.717) is 18.4 Å². The number of benzene rings is 3. The second-order valence-corrected chi connectivity index (χ2v) is 10.2. The van der Waals surface area contributed by atoms with E-state index in [9.17, 15) is 24.3 Å². The normalized spacial score (nSPS) is 14.0. The topological polar surface area (TPSA) is 146 Å². The van der Waals surface area contributed by atoms with Gasteiger partial charge in [0.2, 0.25) is 11.8 Å². The highest BCUT2D eigenvalue weighted by atomic mass is 31.0. The van der Waals surface area contributed by atoms with Crippen LogP contribution in [0.15, 0.2) is 78.9 Å². The summed E-state index contributed by atoms with van der Waals surface area (Å²) in [6.45, 7) is 1.46. The molecule has 10 nitrogen and oxygen atoms in total. The van der Waals surface area contributed by atoms with Gasteiger partial charge in [-0.2, -0.15) is 0 Å². The molecule has 3 unspecified atom stereocenters. The molecule has 0 bridgehead atoms. The van der Waals surface area contributed by atoms with Crippen LogP contribution >= 0.6 is 9.39 Å². The van der Waals surface area contributed by atoms with Gasteiger partial charge < -0.3 is 30.9 Å². The van der Waals surface area contributed by atoms with Crippen molar-refractivity contribution in [3.8, 4) is 11.1 Å². The Kier molecular flexibility index (Phi) is 10.6. The molecular weight excluding hydrogens is 555 g/mol. The number of alkyl carbamates (subject to hydrolysis) is 1. The molecule has 0 radical (unpaired) electrons. The second kappa shape index (κ2) is 14.6. The Balaban J connectivity index is 1.31. The molecule has 4 atom stereocenters. The summed E-state index contributed by atoms with van der Waals surface area (Å²) in [5, 5.41) is 20.7. The predicted octanol–water partition coefficient (Wildman–Crippen LogP) is 2.93. The van der Waals surface area contributed by atoms with Gasteiger partial charge in [-0.3, -0.25) is 14.4 Å². The maximum atomic E-state index is 12.8. The fourth-order valence-electron chi connectivity index (χ4n) is 5.11. The lowest BCUT2D eigenvalue weighted by molar-refractivity contribution is -0.133. The van der Waals surface area contributed by atoms with E-state index in [0.717, 1.165) is 22.3 Å². The van der Waals surface area contributed by atoms with Crippen molar-refractivity contribution in [2.75, 3.05) is 13.2 Å². The highest BCUT2D eigenvalue weighted by molar-refractivity contribution is 7.15. The minimum absolute atomic E-state index is 0.0909. The number of rotatable bonds is 12. The Bertz CT molecular complexity index is 1370. The standard InChI is InChI=1S/C31H35N4O6P/c1-2-10-25(28(37)30(39)32-17-26(36)34-27(29(38)35-42)19-11-4-3-5-12-19)33-31(40)41-18-24-22-15-8-6-13-20(22)21-14-7-9-16-23(21)24/h3-9,11-16,24-25,27-28,37H,2,10,17-18,42H2,1H3,(H,32,39)(H,33,40)(H,34,36)(H,35,38)/t25?,27-,28?/m0/s1. The van der Waals surface area contributed by atoms with E-state index in [-0.39, 0.29) is 12.5 Å². The third-order valence-electron chi connectivity index (χ3n) is 7.16. The first-order valence-corrected chi connectivity index (χ1v) is 14.3. The minimum Gasteiger partial charge on any atom is -0.449 e. The number of carbonyl (C=O) groups excluding carboxylic acids is 4. The quantitative estimate of drug-likeness (QED) is 0.205. The largest absolute Gasteiger partial charge is 0.449 e. The fourth-order valence-corrected chi connectivity index (χ4v) is 5.27. The summed E-state index contributed by atoms with van der Waals surface area (Å²) >= 11 is 0. The SMILES string of the molecule is CCCC(NC(=O)OCC1c2ccccc2-c2ccccc21)C(O)C(=O)NCC(=O)N[C@H](C(=O)NP)c1ccccc1. The third kappa shape index (κ3) is 7.32. The zero-order valence-electron chi connectivity index (χ0n) is 23.2. The molecule has 4 amide bonds. The van der Waals surface area contributed by atoms with Crippen LogP contribution in [-0.2, 0) is 19.1 Å². The van der Waals surface area contributed by atoms with Gasteiger partial charge in [0.15, 0.2) is 6.10 Å². The molecule has 3 aromatic rings. The number of hydrogen-bond donors (Lipinski definition) is 5. The molecule has 0 aromatic heterocycles. The Morgan fingerprint density at radius 1 is 0.857 bits per heavy atom. The van der Waals surface area contributed by atoms with Crippen LogP contribution in [0.2, 0.25) is 0 Å².